The van der Waals surface area contributed by atoms with E-state index in [1.165, 1.54) is 11.8 Å². The van der Waals surface area contributed by atoms with Crippen LogP contribution < -0.4 is 10.6 Å². The zero-order valence-electron chi connectivity index (χ0n) is 14.4. The van der Waals surface area contributed by atoms with Gasteiger partial charge in [-0.05, 0) is 37.5 Å². The standard InChI is InChI=1S/C17H21ClN4O2S/c1-10(2)7-11(3)21-22-17-20-16(24)14(25-17)9-15(23)19-13-6-4-5-12(18)8-13/h4-6,8,10,14H,7,9H2,1-3H3,(H,19,23)(H,20,22,24)/b21-11+. The van der Waals surface area contributed by atoms with Gasteiger partial charge >= 0.3 is 0 Å². The molecular weight excluding hydrogens is 360 g/mol. The average molecular weight is 381 g/mol. The van der Waals surface area contributed by atoms with Crippen LogP contribution in [-0.4, -0.2) is 27.9 Å². The third-order valence-electron chi connectivity index (χ3n) is 3.27. The maximum atomic E-state index is 12.1. The normalized spacial score (nSPS) is 19.4. The molecule has 1 unspecified atom stereocenters. The molecule has 1 heterocycles. The van der Waals surface area contributed by atoms with E-state index in [0.717, 1.165) is 12.1 Å². The molecule has 1 aromatic rings. The lowest BCUT2D eigenvalue weighted by molar-refractivity contribution is -0.122. The summed E-state index contributed by atoms with van der Waals surface area (Å²) in [6.45, 7) is 6.11. The minimum absolute atomic E-state index is 0.0523. The van der Waals surface area contributed by atoms with Gasteiger partial charge in [-0.3, -0.25) is 9.59 Å². The van der Waals surface area contributed by atoms with E-state index in [9.17, 15) is 9.59 Å². The third-order valence-corrected chi connectivity index (χ3v) is 4.58. The Morgan fingerprint density at radius 2 is 2.20 bits per heavy atom. The van der Waals surface area contributed by atoms with Crippen LogP contribution in [0, 0.1) is 5.92 Å². The molecule has 8 heteroatoms. The van der Waals surface area contributed by atoms with E-state index in [-0.39, 0.29) is 18.2 Å². The second-order valence-corrected chi connectivity index (χ2v) is 7.82. The summed E-state index contributed by atoms with van der Waals surface area (Å²) in [6, 6.07) is 6.87. The van der Waals surface area contributed by atoms with Gasteiger partial charge in [0.15, 0.2) is 5.17 Å². The van der Waals surface area contributed by atoms with E-state index in [2.05, 4.69) is 34.7 Å². The molecule has 2 N–H and O–H groups in total. The Hall–Kier alpha value is -1.86. The minimum atomic E-state index is -0.515. The third kappa shape index (κ3) is 6.51. The van der Waals surface area contributed by atoms with Crippen LogP contribution in [0.15, 0.2) is 34.5 Å². The first-order chi connectivity index (χ1) is 11.8. The predicted molar refractivity (Wildman–Crippen MR) is 104 cm³/mol. The Morgan fingerprint density at radius 1 is 1.44 bits per heavy atom. The topological polar surface area (TPSA) is 82.9 Å². The molecule has 0 radical (unpaired) electrons. The number of hydrogen-bond acceptors (Lipinski definition) is 5. The lowest BCUT2D eigenvalue weighted by Gasteiger charge is -2.07. The van der Waals surface area contributed by atoms with Gasteiger partial charge in [0.05, 0.1) is 0 Å². The molecule has 2 rings (SSSR count). The van der Waals surface area contributed by atoms with E-state index < -0.39 is 5.25 Å². The van der Waals surface area contributed by atoms with E-state index in [4.69, 9.17) is 11.6 Å². The van der Waals surface area contributed by atoms with Crippen LogP contribution in [0.4, 0.5) is 5.69 Å². The zero-order valence-corrected chi connectivity index (χ0v) is 15.9. The van der Waals surface area contributed by atoms with Gasteiger partial charge in [0.1, 0.15) is 5.25 Å². The SMILES string of the molecule is C/C(CC(C)C)=N\N=C1\NC(=O)C(CC(=O)Nc2cccc(Cl)c2)S1. The molecule has 134 valence electrons. The van der Waals surface area contributed by atoms with Crippen molar-refractivity contribution in [3.63, 3.8) is 0 Å². The maximum Gasteiger partial charge on any atom is 0.240 e. The summed E-state index contributed by atoms with van der Waals surface area (Å²) in [5.74, 6) is 0.00932. The Labute approximate surface area is 156 Å². The molecule has 0 bridgehead atoms. The summed E-state index contributed by atoms with van der Waals surface area (Å²) in [6.07, 6.45) is 0.900. The average Bonchev–Trinajstić information content (AvgIpc) is 2.84. The fourth-order valence-corrected chi connectivity index (χ4v) is 3.40. The fraction of sp³-hybridized carbons (Fsp3) is 0.412. The number of hydrogen-bond donors (Lipinski definition) is 2. The highest BCUT2D eigenvalue weighted by Gasteiger charge is 2.32. The van der Waals surface area contributed by atoms with Gasteiger partial charge in [-0.25, -0.2) is 0 Å². The van der Waals surface area contributed by atoms with Crippen LogP contribution in [0.25, 0.3) is 0 Å². The van der Waals surface area contributed by atoms with Gasteiger partial charge in [-0.15, -0.1) is 5.10 Å². The van der Waals surface area contributed by atoms with Crippen molar-refractivity contribution in [3.8, 4) is 0 Å². The second kappa shape index (κ2) is 9.01. The molecule has 1 saturated heterocycles. The van der Waals surface area contributed by atoms with E-state index in [0.29, 0.717) is 21.8 Å². The highest BCUT2D eigenvalue weighted by atomic mass is 35.5. The molecule has 1 fully saturated rings. The first-order valence-electron chi connectivity index (χ1n) is 7.97. The van der Waals surface area contributed by atoms with Crippen molar-refractivity contribution in [2.75, 3.05) is 5.32 Å². The number of rotatable bonds is 6. The molecule has 6 nitrogen and oxygen atoms in total. The molecular formula is C17H21ClN4O2S. The molecule has 25 heavy (non-hydrogen) atoms. The number of thioether (sulfide) groups is 1. The highest BCUT2D eigenvalue weighted by molar-refractivity contribution is 8.15. The van der Waals surface area contributed by atoms with Gasteiger partial charge in [-0.2, -0.15) is 5.10 Å². The molecule has 0 aliphatic carbocycles. The number of benzene rings is 1. The number of nitrogens with one attached hydrogen (secondary N) is 2. The van der Waals surface area contributed by atoms with Crippen molar-refractivity contribution in [3.05, 3.63) is 29.3 Å². The molecule has 1 atom stereocenters. The van der Waals surface area contributed by atoms with Crippen LogP contribution >= 0.6 is 23.4 Å². The summed E-state index contributed by atoms with van der Waals surface area (Å²) in [7, 11) is 0. The van der Waals surface area contributed by atoms with E-state index >= 15 is 0 Å². The quantitative estimate of drug-likeness (QED) is 0.583. The first-order valence-corrected chi connectivity index (χ1v) is 9.23. The summed E-state index contributed by atoms with van der Waals surface area (Å²) in [5, 5.41) is 14.0. The van der Waals surface area contributed by atoms with Crippen molar-refractivity contribution in [2.45, 2.75) is 38.9 Å². The largest absolute Gasteiger partial charge is 0.326 e. The summed E-state index contributed by atoms with van der Waals surface area (Å²) < 4.78 is 0. The lowest BCUT2D eigenvalue weighted by atomic mass is 10.1. The van der Waals surface area contributed by atoms with Gasteiger partial charge < -0.3 is 10.6 Å². The smallest absolute Gasteiger partial charge is 0.240 e. The Morgan fingerprint density at radius 3 is 2.88 bits per heavy atom. The second-order valence-electron chi connectivity index (χ2n) is 6.20. The molecule has 0 saturated carbocycles. The van der Waals surface area contributed by atoms with Crippen LogP contribution in [-0.2, 0) is 9.59 Å². The van der Waals surface area contributed by atoms with Crippen LogP contribution in [0.3, 0.4) is 0 Å². The van der Waals surface area contributed by atoms with Gasteiger partial charge in [-0.1, -0.05) is 43.3 Å². The van der Waals surface area contributed by atoms with Gasteiger partial charge in [0.25, 0.3) is 0 Å². The summed E-state index contributed by atoms with van der Waals surface area (Å²) >= 11 is 7.10. The minimum Gasteiger partial charge on any atom is -0.326 e. The summed E-state index contributed by atoms with van der Waals surface area (Å²) in [4.78, 5) is 24.1. The van der Waals surface area contributed by atoms with Gasteiger partial charge in [0, 0.05) is 22.8 Å². The van der Waals surface area contributed by atoms with Crippen molar-refractivity contribution < 1.29 is 9.59 Å². The lowest BCUT2D eigenvalue weighted by Crippen LogP contribution is -2.28. The highest BCUT2D eigenvalue weighted by Crippen LogP contribution is 2.23. The molecule has 2 amide bonds. The Kier molecular flexibility index (Phi) is 7.01. The number of carbonyl (C=O) groups is 2. The van der Waals surface area contributed by atoms with Gasteiger partial charge in [0.2, 0.25) is 11.8 Å². The predicted octanol–water partition coefficient (Wildman–Crippen LogP) is 3.68. The number of anilines is 1. The number of amidine groups is 1. The Balaban J connectivity index is 1.91. The molecule has 0 spiro atoms. The Bertz CT molecular complexity index is 718. The summed E-state index contributed by atoms with van der Waals surface area (Å²) in [5.41, 5.74) is 1.50. The van der Waals surface area contributed by atoms with E-state index in [1.807, 2.05) is 6.92 Å². The van der Waals surface area contributed by atoms with Crippen LogP contribution in [0.5, 0.6) is 0 Å². The van der Waals surface area contributed by atoms with Crippen LogP contribution in [0.1, 0.15) is 33.6 Å². The number of halogens is 1. The van der Waals surface area contributed by atoms with Crippen LogP contribution in [0.2, 0.25) is 5.02 Å². The fourth-order valence-electron chi connectivity index (χ4n) is 2.30. The maximum absolute atomic E-state index is 12.1. The molecule has 1 aliphatic rings. The van der Waals surface area contributed by atoms with Crippen molar-refractivity contribution in [1.82, 2.24) is 5.32 Å². The van der Waals surface area contributed by atoms with E-state index in [1.54, 1.807) is 24.3 Å². The molecule has 1 aliphatic heterocycles. The molecule has 0 aromatic heterocycles. The zero-order chi connectivity index (χ0) is 18.4. The number of nitrogens with zero attached hydrogens (tertiary/aromatic N) is 2. The monoisotopic (exact) mass is 380 g/mol. The van der Waals surface area contributed by atoms with Crippen molar-refractivity contribution in [1.29, 1.82) is 0 Å². The number of carbonyl (C=O) groups excluding carboxylic acids is 2. The van der Waals surface area contributed by atoms with Crippen molar-refractivity contribution in [2.24, 2.45) is 16.1 Å². The first kappa shape index (κ1) is 19.5. The number of amides is 2. The molecule has 1 aromatic carbocycles. The van der Waals surface area contributed by atoms with Crippen molar-refractivity contribution >= 4 is 51.7 Å².